The number of rotatable bonds is 6. The van der Waals surface area contributed by atoms with Crippen LogP contribution in [0.5, 0.6) is 0 Å². The number of para-hydroxylation sites is 3. The van der Waals surface area contributed by atoms with Crippen molar-refractivity contribution >= 4 is 75.3 Å². The lowest BCUT2D eigenvalue weighted by Gasteiger charge is -2.14. The van der Waals surface area contributed by atoms with E-state index >= 15 is 0 Å². The number of hydrogen-bond acceptors (Lipinski definition) is 5. The van der Waals surface area contributed by atoms with E-state index in [1.165, 1.54) is 42.0 Å². The van der Waals surface area contributed by atoms with Crippen LogP contribution in [0.4, 0.5) is 0 Å². The van der Waals surface area contributed by atoms with Gasteiger partial charge in [0.05, 0.1) is 16.7 Å². The van der Waals surface area contributed by atoms with Crippen LogP contribution in [0, 0.1) is 0 Å². The minimum atomic E-state index is 0.580. The molecule has 0 aliphatic rings. The predicted octanol–water partition coefficient (Wildman–Crippen LogP) is 15.6. The summed E-state index contributed by atoms with van der Waals surface area (Å²) in [5.41, 5.74) is 12.3. The van der Waals surface area contributed by atoms with Crippen molar-refractivity contribution in [2.75, 3.05) is 0 Å². The molecule has 6 heteroatoms. The van der Waals surface area contributed by atoms with Crippen LogP contribution in [0.25, 0.3) is 126 Å². The van der Waals surface area contributed by atoms with Gasteiger partial charge in [-0.15, -0.1) is 11.3 Å². The maximum atomic E-state index is 6.74. The topological polar surface area (TPSA) is 56.7 Å². The molecule has 0 aliphatic carbocycles. The normalized spacial score (nSPS) is 11.8. The average molecular weight is 823 g/mol. The molecular formula is C57H34N4OS. The minimum Gasteiger partial charge on any atom is -0.456 e. The Labute approximate surface area is 365 Å². The quantitative estimate of drug-likeness (QED) is 0.168. The Hall–Kier alpha value is -8.19. The first-order valence-electron chi connectivity index (χ1n) is 21.1. The molecule has 9 aromatic carbocycles. The Bertz CT molecular complexity index is 3860. The van der Waals surface area contributed by atoms with E-state index in [9.17, 15) is 0 Å². The molecular weight excluding hydrogens is 789 g/mol. The summed E-state index contributed by atoms with van der Waals surface area (Å²) in [5, 5.41) is 7.00. The highest BCUT2D eigenvalue weighted by atomic mass is 32.1. The molecule has 63 heavy (non-hydrogen) atoms. The van der Waals surface area contributed by atoms with Gasteiger partial charge in [0.1, 0.15) is 11.2 Å². The summed E-state index contributed by atoms with van der Waals surface area (Å²) < 4.78 is 11.6. The van der Waals surface area contributed by atoms with E-state index in [1.807, 2.05) is 6.07 Å². The third-order valence-electron chi connectivity index (χ3n) is 12.3. The van der Waals surface area contributed by atoms with Gasteiger partial charge in [-0.3, -0.25) is 0 Å². The molecule has 0 aliphatic heterocycles. The highest BCUT2D eigenvalue weighted by Crippen LogP contribution is 2.43. The van der Waals surface area contributed by atoms with E-state index in [2.05, 4.69) is 205 Å². The first-order valence-corrected chi connectivity index (χ1v) is 21.9. The van der Waals surface area contributed by atoms with Gasteiger partial charge in [0.2, 0.25) is 0 Å². The fourth-order valence-electron chi connectivity index (χ4n) is 9.34. The van der Waals surface area contributed by atoms with Gasteiger partial charge in [0, 0.05) is 64.0 Å². The third-order valence-corrected chi connectivity index (χ3v) is 13.4. The molecule has 0 radical (unpaired) electrons. The summed E-state index contributed by atoms with van der Waals surface area (Å²) in [6.45, 7) is 0. The Kier molecular flexibility index (Phi) is 8.01. The zero-order valence-corrected chi connectivity index (χ0v) is 34.6. The fraction of sp³-hybridized carbons (Fsp3) is 0. The van der Waals surface area contributed by atoms with Crippen molar-refractivity contribution in [3.05, 3.63) is 206 Å². The Morgan fingerprint density at radius 2 is 0.905 bits per heavy atom. The van der Waals surface area contributed by atoms with Crippen LogP contribution in [0.1, 0.15) is 0 Å². The summed E-state index contributed by atoms with van der Waals surface area (Å²) in [7, 11) is 0. The Morgan fingerprint density at radius 1 is 0.349 bits per heavy atom. The molecule has 4 aromatic heterocycles. The monoisotopic (exact) mass is 822 g/mol. The van der Waals surface area contributed by atoms with Gasteiger partial charge in [0.25, 0.3) is 0 Å². The van der Waals surface area contributed by atoms with Crippen LogP contribution < -0.4 is 0 Å². The molecule has 0 spiro atoms. The SMILES string of the molecule is c1ccc(-c2ccc(-c3nc(-c4ccc5c(c4)oc4cccc(-c6ccccc6-n6c7ccccc7c7ccccc76)c45)nc(-c4ccc5sc6ccccc6c5c4)n3)cc2)cc1. The zero-order valence-electron chi connectivity index (χ0n) is 33.7. The molecule has 294 valence electrons. The molecule has 0 saturated carbocycles. The Balaban J connectivity index is 0.965. The van der Waals surface area contributed by atoms with E-state index < -0.39 is 0 Å². The summed E-state index contributed by atoms with van der Waals surface area (Å²) in [6.07, 6.45) is 0. The third kappa shape index (κ3) is 5.80. The standard InChI is InChI=1S/C57H34N4OS/c1-2-13-35(14-3-1)36-25-27-37(28-26-36)55-58-56(38-30-32-53-46(33-38)43-18-7-11-24-52(43)63-53)60-57(59-55)39-29-31-45-51(34-39)62-50-23-12-19-44(54(45)50)42-17-6-10-22-49(42)61-47-20-8-4-15-40(47)41-16-5-9-21-48(41)61/h1-34H. The first kappa shape index (κ1) is 35.6. The van der Waals surface area contributed by atoms with Gasteiger partial charge >= 0.3 is 0 Å². The van der Waals surface area contributed by atoms with Crippen LogP contribution in [0.15, 0.2) is 211 Å². The molecule has 0 amide bonds. The maximum Gasteiger partial charge on any atom is 0.164 e. The number of aromatic nitrogens is 4. The minimum absolute atomic E-state index is 0.580. The van der Waals surface area contributed by atoms with E-state index in [1.54, 1.807) is 11.3 Å². The van der Waals surface area contributed by atoms with E-state index in [4.69, 9.17) is 19.4 Å². The molecule has 0 N–H and O–H groups in total. The van der Waals surface area contributed by atoms with E-state index in [0.717, 1.165) is 66.6 Å². The van der Waals surface area contributed by atoms with Crippen LogP contribution in [0.3, 0.4) is 0 Å². The van der Waals surface area contributed by atoms with Crippen molar-refractivity contribution in [3.63, 3.8) is 0 Å². The molecule has 5 nitrogen and oxygen atoms in total. The average Bonchev–Trinajstić information content (AvgIpc) is 4.03. The predicted molar refractivity (Wildman–Crippen MR) is 262 cm³/mol. The highest BCUT2D eigenvalue weighted by molar-refractivity contribution is 7.25. The molecule has 0 saturated heterocycles. The van der Waals surface area contributed by atoms with Gasteiger partial charge in [0.15, 0.2) is 17.5 Å². The number of fused-ring (bicyclic) bond motifs is 9. The summed E-state index contributed by atoms with van der Waals surface area (Å²) in [5.74, 6) is 1.81. The number of nitrogens with zero attached hydrogens (tertiary/aromatic N) is 4. The number of benzene rings is 9. The summed E-state index contributed by atoms with van der Waals surface area (Å²) in [6, 6.07) is 72.7. The number of hydrogen-bond donors (Lipinski definition) is 0. The largest absolute Gasteiger partial charge is 0.456 e. The van der Waals surface area contributed by atoms with Crippen molar-refractivity contribution < 1.29 is 4.42 Å². The van der Waals surface area contributed by atoms with Crippen molar-refractivity contribution in [2.45, 2.75) is 0 Å². The lowest BCUT2D eigenvalue weighted by atomic mass is 9.97. The first-order chi connectivity index (χ1) is 31.2. The molecule has 0 bridgehead atoms. The summed E-state index contributed by atoms with van der Waals surface area (Å²) >= 11 is 1.80. The second-order valence-electron chi connectivity index (χ2n) is 15.9. The number of thiophene rings is 1. The van der Waals surface area contributed by atoms with E-state index in [0.29, 0.717) is 17.5 Å². The molecule has 0 atom stereocenters. The zero-order chi connectivity index (χ0) is 41.4. The summed E-state index contributed by atoms with van der Waals surface area (Å²) in [4.78, 5) is 15.5. The van der Waals surface area contributed by atoms with Crippen molar-refractivity contribution in [1.29, 1.82) is 0 Å². The molecule has 13 aromatic rings. The lowest BCUT2D eigenvalue weighted by molar-refractivity contribution is 0.669. The molecule has 13 rings (SSSR count). The maximum absolute atomic E-state index is 6.74. The van der Waals surface area contributed by atoms with Crippen molar-refractivity contribution in [3.8, 4) is 62.1 Å². The second kappa shape index (κ2) is 14.2. The van der Waals surface area contributed by atoms with E-state index in [-0.39, 0.29) is 0 Å². The fourth-order valence-corrected chi connectivity index (χ4v) is 10.4. The van der Waals surface area contributed by atoms with Gasteiger partial charge < -0.3 is 8.98 Å². The van der Waals surface area contributed by atoms with Crippen LogP contribution in [-0.2, 0) is 0 Å². The van der Waals surface area contributed by atoms with Crippen molar-refractivity contribution in [2.24, 2.45) is 0 Å². The van der Waals surface area contributed by atoms with Gasteiger partial charge in [-0.05, 0) is 77.4 Å². The second-order valence-corrected chi connectivity index (χ2v) is 17.0. The number of furan rings is 1. The van der Waals surface area contributed by atoms with Crippen LogP contribution >= 0.6 is 11.3 Å². The van der Waals surface area contributed by atoms with Crippen LogP contribution in [0.2, 0.25) is 0 Å². The van der Waals surface area contributed by atoms with Crippen LogP contribution in [-0.4, -0.2) is 19.5 Å². The van der Waals surface area contributed by atoms with Gasteiger partial charge in [-0.2, -0.15) is 0 Å². The van der Waals surface area contributed by atoms with Crippen molar-refractivity contribution in [1.82, 2.24) is 19.5 Å². The van der Waals surface area contributed by atoms with Gasteiger partial charge in [-0.1, -0.05) is 146 Å². The molecule has 4 heterocycles. The smallest absolute Gasteiger partial charge is 0.164 e. The molecule has 0 fully saturated rings. The lowest BCUT2D eigenvalue weighted by Crippen LogP contribution is -2.00. The molecule has 0 unspecified atom stereocenters. The highest BCUT2D eigenvalue weighted by Gasteiger charge is 2.20. The Morgan fingerprint density at radius 3 is 1.68 bits per heavy atom. The van der Waals surface area contributed by atoms with Gasteiger partial charge in [-0.25, -0.2) is 15.0 Å².